The van der Waals surface area contributed by atoms with Gasteiger partial charge in [-0.1, -0.05) is 28.9 Å². The lowest BCUT2D eigenvalue weighted by Gasteiger charge is -2.14. The van der Waals surface area contributed by atoms with E-state index in [-0.39, 0.29) is 11.1 Å². The van der Waals surface area contributed by atoms with Crippen molar-refractivity contribution in [2.24, 2.45) is 5.92 Å². The summed E-state index contributed by atoms with van der Waals surface area (Å²) in [7, 11) is 1.50. The van der Waals surface area contributed by atoms with Crippen LogP contribution >= 0.6 is 22.9 Å². The van der Waals surface area contributed by atoms with E-state index in [2.05, 4.69) is 37.7 Å². The van der Waals surface area contributed by atoms with Crippen LogP contribution < -0.4 is 15.4 Å². The largest absolute Gasteiger partial charge is 0.494 e. The van der Waals surface area contributed by atoms with Crippen LogP contribution in [-0.4, -0.2) is 34.1 Å². The summed E-state index contributed by atoms with van der Waals surface area (Å²) in [6, 6.07) is 6.53. The van der Waals surface area contributed by atoms with Crippen molar-refractivity contribution in [3.63, 3.8) is 0 Å². The van der Waals surface area contributed by atoms with E-state index in [4.69, 9.17) is 16.3 Å². The number of hydrogen-bond donors (Lipinski definition) is 2. The lowest BCUT2D eigenvalue weighted by atomic mass is 9.98. The number of halogens is 1. The number of methoxy groups -OCH3 is 1. The zero-order valence-corrected chi connectivity index (χ0v) is 18.8. The summed E-state index contributed by atoms with van der Waals surface area (Å²) >= 11 is 7.31. The minimum atomic E-state index is -0.401. The van der Waals surface area contributed by atoms with Crippen LogP contribution in [0.25, 0.3) is 11.1 Å². The maximum absolute atomic E-state index is 13.1. The predicted molar refractivity (Wildman–Crippen MR) is 123 cm³/mol. The van der Waals surface area contributed by atoms with Crippen LogP contribution in [0, 0.1) is 17.8 Å². The van der Waals surface area contributed by atoms with Gasteiger partial charge in [0.2, 0.25) is 11.0 Å². The number of aromatic nitrogens is 3. The monoisotopic (exact) mass is 467 g/mol. The van der Waals surface area contributed by atoms with E-state index in [1.54, 1.807) is 24.3 Å². The smallest absolute Gasteiger partial charge is 0.258 e. The van der Waals surface area contributed by atoms with Crippen molar-refractivity contribution in [2.75, 3.05) is 17.7 Å². The first kappa shape index (κ1) is 21.7. The van der Waals surface area contributed by atoms with E-state index in [1.807, 2.05) is 0 Å². The van der Waals surface area contributed by atoms with Gasteiger partial charge >= 0.3 is 0 Å². The Hall–Kier alpha value is -3.48. The average molecular weight is 468 g/mol. The van der Waals surface area contributed by atoms with Crippen molar-refractivity contribution in [2.45, 2.75) is 19.8 Å². The summed E-state index contributed by atoms with van der Waals surface area (Å²) in [5.74, 6) is 6.35. The number of carbonyl (C=O) groups is 2. The topological polar surface area (TPSA) is 106 Å². The highest BCUT2D eigenvalue weighted by Crippen LogP contribution is 2.35. The molecular weight excluding hydrogens is 450 g/mol. The molecule has 32 heavy (non-hydrogen) atoms. The van der Waals surface area contributed by atoms with Gasteiger partial charge in [-0.05, 0) is 43.0 Å². The molecule has 1 aromatic carbocycles. The molecule has 0 bridgehead atoms. The minimum Gasteiger partial charge on any atom is -0.494 e. The number of pyridine rings is 1. The molecule has 1 saturated carbocycles. The minimum absolute atomic E-state index is 0.235. The first-order chi connectivity index (χ1) is 15.4. The molecule has 0 spiro atoms. The van der Waals surface area contributed by atoms with Crippen LogP contribution in [0.2, 0.25) is 5.15 Å². The third kappa shape index (κ3) is 5.22. The van der Waals surface area contributed by atoms with Gasteiger partial charge in [0, 0.05) is 35.2 Å². The Morgan fingerprint density at radius 3 is 2.72 bits per heavy atom. The summed E-state index contributed by atoms with van der Waals surface area (Å²) in [6.07, 6.45) is 3.71. The molecular formula is C22H18ClN5O3S. The van der Waals surface area contributed by atoms with Gasteiger partial charge in [0.15, 0.2) is 5.01 Å². The fourth-order valence-electron chi connectivity index (χ4n) is 2.92. The number of carbonyl (C=O) groups excluding carboxylic acids is 2. The fourth-order valence-corrected chi connectivity index (χ4v) is 3.67. The van der Waals surface area contributed by atoms with Gasteiger partial charge in [-0.3, -0.25) is 14.9 Å². The second kappa shape index (κ2) is 9.34. The first-order valence-corrected chi connectivity index (χ1v) is 10.9. The molecule has 162 valence electrons. The summed E-state index contributed by atoms with van der Waals surface area (Å²) in [4.78, 5) is 28.7. The van der Waals surface area contributed by atoms with Crippen molar-refractivity contribution in [1.29, 1.82) is 0 Å². The zero-order chi connectivity index (χ0) is 22.7. The summed E-state index contributed by atoms with van der Waals surface area (Å²) in [5.41, 5.74) is 1.92. The maximum atomic E-state index is 13.1. The second-order valence-corrected chi connectivity index (χ2v) is 8.42. The molecule has 1 aliphatic rings. The molecule has 1 fully saturated rings. The number of anilines is 2. The van der Waals surface area contributed by atoms with Crippen LogP contribution in [0.15, 0.2) is 30.5 Å². The van der Waals surface area contributed by atoms with E-state index < -0.39 is 5.91 Å². The van der Waals surface area contributed by atoms with Crippen molar-refractivity contribution in [3.05, 3.63) is 46.2 Å². The normalized spacial score (nSPS) is 12.5. The van der Waals surface area contributed by atoms with Gasteiger partial charge in [-0.15, -0.1) is 10.2 Å². The summed E-state index contributed by atoms with van der Waals surface area (Å²) in [5, 5.41) is 14.6. The fraction of sp³-hybridized carbons (Fsp3) is 0.227. The lowest BCUT2D eigenvalue weighted by Crippen LogP contribution is -2.14. The number of amides is 2. The van der Waals surface area contributed by atoms with Crippen molar-refractivity contribution >= 4 is 45.6 Å². The van der Waals surface area contributed by atoms with Gasteiger partial charge in [0.25, 0.3) is 5.91 Å². The van der Waals surface area contributed by atoms with E-state index in [0.29, 0.717) is 44.2 Å². The Balaban J connectivity index is 1.68. The van der Waals surface area contributed by atoms with Gasteiger partial charge in [-0.2, -0.15) is 0 Å². The number of nitrogens with one attached hydrogen (secondary N) is 2. The molecule has 0 radical (unpaired) electrons. The number of ether oxygens (including phenoxy) is 1. The quantitative estimate of drug-likeness (QED) is 0.429. The Morgan fingerprint density at radius 1 is 1.19 bits per heavy atom. The molecule has 1 aliphatic carbocycles. The van der Waals surface area contributed by atoms with Gasteiger partial charge in [-0.25, -0.2) is 4.98 Å². The average Bonchev–Trinajstić information content (AvgIpc) is 3.49. The molecule has 10 heteroatoms. The zero-order valence-electron chi connectivity index (χ0n) is 17.2. The first-order valence-electron chi connectivity index (χ1n) is 9.71. The molecule has 2 heterocycles. The van der Waals surface area contributed by atoms with E-state index in [9.17, 15) is 9.59 Å². The number of hydrogen-bond acceptors (Lipinski definition) is 7. The van der Waals surface area contributed by atoms with Crippen molar-refractivity contribution < 1.29 is 14.3 Å². The van der Waals surface area contributed by atoms with Gasteiger partial charge in [0.1, 0.15) is 10.9 Å². The third-order valence-electron chi connectivity index (χ3n) is 4.53. The van der Waals surface area contributed by atoms with E-state index in [0.717, 1.165) is 12.8 Å². The molecule has 4 rings (SSSR count). The highest BCUT2D eigenvalue weighted by molar-refractivity contribution is 7.15. The SMILES string of the molecule is COc1cnc(Cl)cc1-c1cc(NC(C)=O)ccc1C(=O)Nc1nnc(C#CC2CC2)s1. The summed E-state index contributed by atoms with van der Waals surface area (Å²) < 4.78 is 5.41. The molecule has 0 aliphatic heterocycles. The molecule has 0 unspecified atom stereocenters. The Morgan fingerprint density at radius 2 is 2.00 bits per heavy atom. The van der Waals surface area contributed by atoms with Crippen LogP contribution in [0.4, 0.5) is 10.8 Å². The predicted octanol–water partition coefficient (Wildman–Crippen LogP) is 4.23. The highest BCUT2D eigenvalue weighted by Gasteiger charge is 2.20. The number of rotatable bonds is 5. The maximum Gasteiger partial charge on any atom is 0.258 e. The van der Waals surface area contributed by atoms with Crippen molar-refractivity contribution in [1.82, 2.24) is 15.2 Å². The van der Waals surface area contributed by atoms with Crippen LogP contribution in [0.1, 0.15) is 35.1 Å². The van der Waals surface area contributed by atoms with E-state index in [1.165, 1.54) is 31.6 Å². The third-order valence-corrected chi connectivity index (χ3v) is 5.50. The van der Waals surface area contributed by atoms with E-state index >= 15 is 0 Å². The van der Waals surface area contributed by atoms with Crippen LogP contribution in [-0.2, 0) is 4.79 Å². The lowest BCUT2D eigenvalue weighted by molar-refractivity contribution is -0.114. The molecule has 2 aromatic heterocycles. The molecule has 2 N–H and O–H groups in total. The molecule has 0 atom stereocenters. The molecule has 0 saturated heterocycles. The van der Waals surface area contributed by atoms with Crippen LogP contribution in [0.5, 0.6) is 5.75 Å². The van der Waals surface area contributed by atoms with Gasteiger partial charge < -0.3 is 10.1 Å². The van der Waals surface area contributed by atoms with Gasteiger partial charge in [0.05, 0.1) is 13.3 Å². The second-order valence-electron chi connectivity index (χ2n) is 7.06. The molecule has 2 amide bonds. The Kier molecular flexibility index (Phi) is 6.35. The molecule has 3 aromatic rings. The standard InChI is InChI=1S/C22H18ClN5O3S/c1-12(29)25-14-6-7-15(16(9-14)17-10-19(23)24-11-18(17)31-2)21(30)26-22-28-27-20(32-22)8-5-13-3-4-13/h6-7,9-11,13H,3-4H2,1-2H3,(H,25,29)(H,26,28,30). The Bertz CT molecular complexity index is 1260. The highest BCUT2D eigenvalue weighted by atomic mass is 35.5. The number of nitrogens with zero attached hydrogens (tertiary/aromatic N) is 3. The van der Waals surface area contributed by atoms with Crippen molar-refractivity contribution in [3.8, 4) is 28.7 Å². The molecule has 8 nitrogen and oxygen atoms in total. The Labute approximate surface area is 193 Å². The number of benzene rings is 1. The summed E-state index contributed by atoms with van der Waals surface area (Å²) in [6.45, 7) is 1.41. The van der Waals surface area contributed by atoms with Crippen LogP contribution in [0.3, 0.4) is 0 Å².